The van der Waals surface area contributed by atoms with Gasteiger partial charge in [-0.1, -0.05) is 107 Å². The van der Waals surface area contributed by atoms with Gasteiger partial charge < -0.3 is 13.1 Å². The standard InChI is InChI=1S/C25H40NO2Si3/c1-10-24(26(30(4,5)6)31(7,8)9)20-28-29(27-3)25-18-16-23(17-19-25)21(2)22-14-12-11-13-15-22/h11-19,24H,2,10,20H2,1,3-9H3. The molecule has 0 aliphatic carbocycles. The average Bonchev–Trinajstić information content (AvgIpc) is 2.71. The van der Waals surface area contributed by atoms with Gasteiger partial charge in [-0.2, -0.15) is 0 Å². The lowest BCUT2D eigenvalue weighted by Crippen LogP contribution is -2.64. The highest BCUT2D eigenvalue weighted by atomic mass is 28.4. The van der Waals surface area contributed by atoms with Crippen LogP contribution in [0.3, 0.4) is 0 Å². The minimum absolute atomic E-state index is 0.450. The van der Waals surface area contributed by atoms with Gasteiger partial charge in [0.25, 0.3) is 0 Å². The molecule has 0 aliphatic rings. The molecule has 0 aliphatic heterocycles. The molecule has 31 heavy (non-hydrogen) atoms. The third kappa shape index (κ3) is 7.10. The van der Waals surface area contributed by atoms with E-state index < -0.39 is 25.8 Å². The molecule has 1 atom stereocenters. The first-order chi connectivity index (χ1) is 14.5. The van der Waals surface area contributed by atoms with Gasteiger partial charge in [-0.25, -0.2) is 0 Å². The zero-order valence-corrected chi connectivity index (χ0v) is 23.7. The summed E-state index contributed by atoms with van der Waals surface area (Å²) >= 11 is 0. The minimum atomic E-state index is -1.52. The molecule has 2 rings (SSSR count). The number of nitrogens with zero attached hydrogens (tertiary/aromatic N) is 1. The van der Waals surface area contributed by atoms with E-state index in [4.69, 9.17) is 8.85 Å². The van der Waals surface area contributed by atoms with E-state index in [-0.39, 0.29) is 0 Å². The average molecular weight is 471 g/mol. The van der Waals surface area contributed by atoms with Crippen LogP contribution in [-0.2, 0) is 8.85 Å². The lowest BCUT2D eigenvalue weighted by Gasteiger charge is -2.48. The molecular weight excluding hydrogens is 431 g/mol. The van der Waals surface area contributed by atoms with Gasteiger partial charge in [0.2, 0.25) is 0 Å². The largest absolute Gasteiger partial charge is 0.423 e. The molecule has 169 valence electrons. The van der Waals surface area contributed by atoms with E-state index in [9.17, 15) is 0 Å². The Kier molecular flexibility index (Phi) is 9.24. The van der Waals surface area contributed by atoms with Crippen LogP contribution < -0.4 is 5.19 Å². The summed E-state index contributed by atoms with van der Waals surface area (Å²) in [7, 11) is -2.64. The summed E-state index contributed by atoms with van der Waals surface area (Å²) in [6.07, 6.45) is 1.10. The maximum absolute atomic E-state index is 6.45. The van der Waals surface area contributed by atoms with Crippen molar-refractivity contribution in [3.8, 4) is 0 Å². The Balaban J connectivity index is 2.12. The zero-order valence-electron chi connectivity index (χ0n) is 20.7. The maximum Gasteiger partial charge on any atom is 0.423 e. The Hall–Kier alpha value is -1.29. The molecule has 2 aromatic rings. The first-order valence-corrected chi connectivity index (χ1v) is 19.4. The van der Waals surface area contributed by atoms with Crippen LogP contribution >= 0.6 is 0 Å². The van der Waals surface area contributed by atoms with E-state index >= 15 is 0 Å². The van der Waals surface area contributed by atoms with Crippen molar-refractivity contribution in [1.82, 2.24) is 4.23 Å². The Morgan fingerprint density at radius 3 is 1.87 bits per heavy atom. The smallest absolute Gasteiger partial charge is 0.393 e. The fourth-order valence-corrected chi connectivity index (χ4v) is 16.6. The third-order valence-electron chi connectivity index (χ3n) is 5.47. The summed E-state index contributed by atoms with van der Waals surface area (Å²) in [5, 5.41) is 1.14. The molecule has 2 aromatic carbocycles. The van der Waals surface area contributed by atoms with Crippen LogP contribution in [-0.4, -0.2) is 49.7 Å². The third-order valence-corrected chi connectivity index (χ3v) is 14.7. The van der Waals surface area contributed by atoms with Crippen molar-refractivity contribution in [2.75, 3.05) is 13.7 Å². The van der Waals surface area contributed by atoms with Crippen LogP contribution in [0.15, 0.2) is 61.2 Å². The van der Waals surface area contributed by atoms with Crippen molar-refractivity contribution in [2.45, 2.75) is 58.7 Å². The van der Waals surface area contributed by atoms with Crippen LogP contribution in [0.2, 0.25) is 39.3 Å². The molecule has 0 spiro atoms. The Morgan fingerprint density at radius 2 is 1.42 bits per heavy atom. The number of hydrogen-bond acceptors (Lipinski definition) is 3. The molecule has 1 unspecified atom stereocenters. The van der Waals surface area contributed by atoms with Crippen molar-refractivity contribution < 1.29 is 8.85 Å². The number of benzene rings is 2. The van der Waals surface area contributed by atoms with Crippen LogP contribution in [0.1, 0.15) is 24.5 Å². The SMILES string of the molecule is C=C(c1ccccc1)c1ccc([Si](OC)OCC(CC)N([Si](C)(C)C)[Si](C)(C)C)cc1. The summed E-state index contributed by atoms with van der Waals surface area (Å²) in [5.74, 6) is 0. The molecular formula is C25H40NO2Si3. The second-order valence-corrected chi connectivity index (χ2v) is 21.9. The van der Waals surface area contributed by atoms with Crippen LogP contribution in [0.25, 0.3) is 5.57 Å². The van der Waals surface area contributed by atoms with E-state index in [1.165, 1.54) is 0 Å². The van der Waals surface area contributed by atoms with E-state index in [1.807, 2.05) is 18.2 Å². The van der Waals surface area contributed by atoms with Gasteiger partial charge in [0, 0.05) is 13.2 Å². The second-order valence-electron chi connectivity index (χ2n) is 10.00. The second kappa shape index (κ2) is 11.0. The maximum atomic E-state index is 6.45. The monoisotopic (exact) mass is 470 g/mol. The van der Waals surface area contributed by atoms with Crippen molar-refractivity contribution in [3.05, 3.63) is 72.3 Å². The molecule has 0 bridgehead atoms. The molecule has 1 radical (unpaired) electrons. The minimum Gasteiger partial charge on any atom is -0.393 e. The van der Waals surface area contributed by atoms with Crippen molar-refractivity contribution in [2.24, 2.45) is 0 Å². The quantitative estimate of drug-likeness (QED) is 0.384. The zero-order chi connectivity index (χ0) is 23.2. The van der Waals surface area contributed by atoms with Crippen molar-refractivity contribution in [1.29, 1.82) is 0 Å². The fourth-order valence-electron chi connectivity index (χ4n) is 4.52. The van der Waals surface area contributed by atoms with E-state index in [0.29, 0.717) is 6.04 Å². The van der Waals surface area contributed by atoms with E-state index in [2.05, 4.69) is 93.4 Å². The normalized spacial score (nSPS) is 13.6. The molecule has 0 aromatic heterocycles. The molecule has 0 saturated carbocycles. The fraction of sp³-hybridized carbons (Fsp3) is 0.440. The molecule has 3 nitrogen and oxygen atoms in total. The van der Waals surface area contributed by atoms with Crippen LogP contribution in [0, 0.1) is 0 Å². The van der Waals surface area contributed by atoms with Crippen LogP contribution in [0.4, 0.5) is 0 Å². The summed E-state index contributed by atoms with van der Waals surface area (Å²) in [5.41, 5.74) is 3.31. The molecule has 0 saturated heterocycles. The van der Waals surface area contributed by atoms with E-state index in [0.717, 1.165) is 34.9 Å². The first kappa shape index (κ1) is 26.0. The van der Waals surface area contributed by atoms with Gasteiger partial charge in [0.15, 0.2) is 0 Å². The highest BCUT2D eigenvalue weighted by molar-refractivity contribution is 6.89. The van der Waals surface area contributed by atoms with Gasteiger partial charge in [0.1, 0.15) is 16.5 Å². The van der Waals surface area contributed by atoms with Gasteiger partial charge in [-0.3, -0.25) is 0 Å². The molecule has 0 heterocycles. The molecule has 0 N–H and O–H groups in total. The predicted octanol–water partition coefficient (Wildman–Crippen LogP) is 5.86. The van der Waals surface area contributed by atoms with Crippen LogP contribution in [0.5, 0.6) is 0 Å². The lowest BCUT2D eigenvalue weighted by atomic mass is 10.00. The Labute approximate surface area is 194 Å². The van der Waals surface area contributed by atoms with Gasteiger partial charge in [0.05, 0.1) is 6.61 Å². The highest BCUT2D eigenvalue weighted by Gasteiger charge is 2.39. The molecule has 6 heteroatoms. The topological polar surface area (TPSA) is 21.7 Å². The Morgan fingerprint density at radius 1 is 0.903 bits per heavy atom. The van der Waals surface area contributed by atoms with E-state index in [1.54, 1.807) is 7.11 Å². The highest BCUT2D eigenvalue weighted by Crippen LogP contribution is 2.25. The van der Waals surface area contributed by atoms with Gasteiger partial charge in [-0.15, -0.1) is 0 Å². The Bertz CT molecular complexity index is 813. The van der Waals surface area contributed by atoms with Gasteiger partial charge in [-0.05, 0) is 28.3 Å². The molecule has 0 amide bonds. The summed E-state index contributed by atoms with van der Waals surface area (Å²) in [6, 6.07) is 19.3. The van der Waals surface area contributed by atoms with Gasteiger partial charge >= 0.3 is 9.28 Å². The first-order valence-electron chi connectivity index (χ1n) is 11.2. The summed E-state index contributed by atoms with van der Waals surface area (Å²) < 4.78 is 15.1. The summed E-state index contributed by atoms with van der Waals surface area (Å²) in [6.45, 7) is 22.0. The molecule has 0 fully saturated rings. The summed E-state index contributed by atoms with van der Waals surface area (Å²) in [4.78, 5) is 0. The number of hydrogen-bond donors (Lipinski definition) is 0. The predicted molar refractivity (Wildman–Crippen MR) is 142 cm³/mol. The van der Waals surface area contributed by atoms with Crippen molar-refractivity contribution in [3.63, 3.8) is 0 Å². The number of rotatable bonds is 11. The van der Waals surface area contributed by atoms with Crippen molar-refractivity contribution >= 4 is 36.5 Å². The lowest BCUT2D eigenvalue weighted by molar-refractivity contribution is 0.193.